The first-order valence-corrected chi connectivity index (χ1v) is 8.54. The molecule has 3 nitrogen and oxygen atoms in total. The Labute approximate surface area is 125 Å². The summed E-state index contributed by atoms with van der Waals surface area (Å²) in [6.07, 6.45) is 2.60. The maximum atomic E-state index is 9.45. The maximum Gasteiger partial charge on any atom is 0.101 e. The van der Waals surface area contributed by atoms with Crippen LogP contribution in [0, 0.1) is 11.3 Å². The lowest BCUT2D eigenvalue weighted by molar-refractivity contribution is 0.684. The summed E-state index contributed by atoms with van der Waals surface area (Å²) in [5, 5.41) is 13.0. The summed E-state index contributed by atoms with van der Waals surface area (Å²) in [6.45, 7) is 4.17. The average Bonchev–Trinajstić information content (AvgIpc) is 3.30. The zero-order valence-electron chi connectivity index (χ0n) is 11.9. The molecule has 1 heterocycles. The summed E-state index contributed by atoms with van der Waals surface area (Å²) in [7, 11) is 0. The van der Waals surface area contributed by atoms with Gasteiger partial charge in [-0.2, -0.15) is 17.0 Å². The number of anilines is 1. The molecule has 0 amide bonds. The molecule has 0 aromatic heterocycles. The third kappa shape index (κ3) is 3.11. The zero-order chi connectivity index (χ0) is 13.9. The van der Waals surface area contributed by atoms with Gasteiger partial charge in [-0.25, -0.2) is 0 Å². The Bertz CT molecular complexity index is 519. The molecule has 1 saturated heterocycles. The van der Waals surface area contributed by atoms with Gasteiger partial charge in [0.2, 0.25) is 0 Å². The van der Waals surface area contributed by atoms with Crippen molar-refractivity contribution in [2.45, 2.75) is 38.4 Å². The van der Waals surface area contributed by atoms with E-state index in [4.69, 9.17) is 0 Å². The first kappa shape index (κ1) is 13.8. The standard InChI is InChI=1S/C16H21N3S/c1-12-11-20-7-6-19(12)16-5-2-13(8-14(16)9-17)10-18-15-3-4-15/h2,5,8,12,15,18H,3-4,6-7,10-11H2,1H3. The second-order valence-electron chi connectivity index (χ2n) is 5.74. The van der Waals surface area contributed by atoms with Gasteiger partial charge in [0.15, 0.2) is 0 Å². The van der Waals surface area contributed by atoms with Crippen molar-refractivity contribution in [3.63, 3.8) is 0 Å². The minimum atomic E-state index is 0.510. The molecule has 0 bridgehead atoms. The number of nitrogens with zero attached hydrogens (tertiary/aromatic N) is 2. The van der Waals surface area contributed by atoms with Crippen molar-refractivity contribution in [2.24, 2.45) is 0 Å². The Hall–Kier alpha value is -1.18. The second kappa shape index (κ2) is 6.07. The molecule has 1 aromatic rings. The monoisotopic (exact) mass is 287 g/mol. The van der Waals surface area contributed by atoms with Crippen molar-refractivity contribution < 1.29 is 0 Å². The lowest BCUT2D eigenvalue weighted by Crippen LogP contribution is -2.40. The topological polar surface area (TPSA) is 39.1 Å². The van der Waals surface area contributed by atoms with Gasteiger partial charge in [-0.05, 0) is 37.5 Å². The molecule has 2 aliphatic rings. The molecule has 1 aliphatic carbocycles. The molecule has 0 radical (unpaired) electrons. The van der Waals surface area contributed by atoms with E-state index in [2.05, 4.69) is 41.4 Å². The predicted molar refractivity (Wildman–Crippen MR) is 85.2 cm³/mol. The highest BCUT2D eigenvalue weighted by atomic mass is 32.2. The number of benzene rings is 1. The number of thioether (sulfide) groups is 1. The number of rotatable bonds is 4. The van der Waals surface area contributed by atoms with Gasteiger partial charge < -0.3 is 10.2 Å². The van der Waals surface area contributed by atoms with Gasteiger partial charge in [0, 0.05) is 36.7 Å². The van der Waals surface area contributed by atoms with Crippen LogP contribution in [0.2, 0.25) is 0 Å². The van der Waals surface area contributed by atoms with Crippen molar-refractivity contribution >= 4 is 17.4 Å². The lowest BCUT2D eigenvalue weighted by Gasteiger charge is -2.35. The molecule has 1 atom stereocenters. The Morgan fingerprint density at radius 2 is 2.30 bits per heavy atom. The van der Waals surface area contributed by atoms with Crippen molar-refractivity contribution in [3.8, 4) is 6.07 Å². The van der Waals surface area contributed by atoms with Crippen LogP contribution in [0.15, 0.2) is 18.2 Å². The van der Waals surface area contributed by atoms with Crippen molar-refractivity contribution in [1.82, 2.24) is 5.32 Å². The van der Waals surface area contributed by atoms with Crippen molar-refractivity contribution in [2.75, 3.05) is 23.0 Å². The number of nitriles is 1. The molecular weight excluding hydrogens is 266 g/mol. The molecule has 106 valence electrons. The molecule has 1 saturated carbocycles. The minimum absolute atomic E-state index is 0.510. The third-order valence-corrected chi connectivity index (χ3v) is 5.22. The van der Waals surface area contributed by atoms with E-state index in [1.165, 1.54) is 18.4 Å². The molecule has 1 aliphatic heterocycles. The first-order valence-electron chi connectivity index (χ1n) is 7.38. The second-order valence-corrected chi connectivity index (χ2v) is 6.89. The van der Waals surface area contributed by atoms with Crippen LogP contribution in [-0.4, -0.2) is 30.1 Å². The van der Waals surface area contributed by atoms with Crippen LogP contribution in [-0.2, 0) is 6.54 Å². The van der Waals surface area contributed by atoms with Gasteiger partial charge in [0.05, 0.1) is 11.3 Å². The van der Waals surface area contributed by atoms with E-state index in [0.29, 0.717) is 12.1 Å². The van der Waals surface area contributed by atoms with Crippen molar-refractivity contribution in [3.05, 3.63) is 29.3 Å². The van der Waals surface area contributed by atoms with Gasteiger partial charge in [0.1, 0.15) is 6.07 Å². The normalized spacial score (nSPS) is 22.6. The van der Waals surface area contributed by atoms with Crippen LogP contribution < -0.4 is 10.2 Å². The van der Waals surface area contributed by atoms with Crippen LogP contribution in [0.5, 0.6) is 0 Å². The molecule has 3 rings (SSSR count). The highest BCUT2D eigenvalue weighted by Crippen LogP contribution is 2.28. The summed E-state index contributed by atoms with van der Waals surface area (Å²) >= 11 is 2.00. The molecule has 1 unspecified atom stereocenters. The average molecular weight is 287 g/mol. The number of nitrogens with one attached hydrogen (secondary N) is 1. The fourth-order valence-corrected chi connectivity index (χ4v) is 3.68. The van der Waals surface area contributed by atoms with Crippen LogP contribution in [0.1, 0.15) is 30.9 Å². The summed E-state index contributed by atoms with van der Waals surface area (Å²) < 4.78 is 0. The molecule has 4 heteroatoms. The molecular formula is C16H21N3S. The Kier molecular flexibility index (Phi) is 4.18. The summed E-state index contributed by atoms with van der Waals surface area (Å²) in [5.41, 5.74) is 3.14. The minimum Gasteiger partial charge on any atom is -0.366 e. The molecule has 0 spiro atoms. The van der Waals surface area contributed by atoms with E-state index in [1.54, 1.807) is 0 Å². The van der Waals surface area contributed by atoms with E-state index in [1.807, 2.05) is 11.8 Å². The fourth-order valence-electron chi connectivity index (χ4n) is 2.67. The van der Waals surface area contributed by atoms with E-state index < -0.39 is 0 Å². The van der Waals surface area contributed by atoms with E-state index in [-0.39, 0.29) is 0 Å². The smallest absolute Gasteiger partial charge is 0.101 e. The van der Waals surface area contributed by atoms with Crippen LogP contribution in [0.25, 0.3) is 0 Å². The Morgan fingerprint density at radius 1 is 1.45 bits per heavy atom. The van der Waals surface area contributed by atoms with Crippen molar-refractivity contribution in [1.29, 1.82) is 5.26 Å². The van der Waals surface area contributed by atoms with Gasteiger partial charge >= 0.3 is 0 Å². The van der Waals surface area contributed by atoms with Gasteiger partial charge in [-0.15, -0.1) is 0 Å². The Balaban J connectivity index is 1.77. The van der Waals surface area contributed by atoms with Gasteiger partial charge in [-0.3, -0.25) is 0 Å². The first-order chi connectivity index (χ1) is 9.78. The van der Waals surface area contributed by atoms with Crippen LogP contribution >= 0.6 is 11.8 Å². The van der Waals surface area contributed by atoms with Crippen LogP contribution in [0.4, 0.5) is 5.69 Å². The molecule has 2 fully saturated rings. The van der Waals surface area contributed by atoms with Gasteiger partial charge in [-0.1, -0.05) is 6.07 Å². The highest BCUT2D eigenvalue weighted by molar-refractivity contribution is 7.99. The molecule has 1 aromatic carbocycles. The Morgan fingerprint density at radius 3 is 3.00 bits per heavy atom. The van der Waals surface area contributed by atoms with E-state index in [0.717, 1.165) is 35.8 Å². The SMILES string of the molecule is CC1CSCCN1c1ccc(CNC2CC2)cc1C#N. The summed E-state index contributed by atoms with van der Waals surface area (Å²) in [5.74, 6) is 2.30. The van der Waals surface area contributed by atoms with E-state index in [9.17, 15) is 5.26 Å². The lowest BCUT2D eigenvalue weighted by atomic mass is 10.1. The third-order valence-electron chi connectivity index (χ3n) is 4.03. The summed E-state index contributed by atoms with van der Waals surface area (Å²) in [4.78, 5) is 2.38. The predicted octanol–water partition coefficient (Wildman–Crippen LogP) is 2.75. The van der Waals surface area contributed by atoms with E-state index >= 15 is 0 Å². The quantitative estimate of drug-likeness (QED) is 0.924. The summed E-state index contributed by atoms with van der Waals surface area (Å²) in [6, 6.07) is 9.95. The maximum absolute atomic E-state index is 9.45. The van der Waals surface area contributed by atoms with Gasteiger partial charge in [0.25, 0.3) is 0 Å². The number of hydrogen-bond donors (Lipinski definition) is 1. The zero-order valence-corrected chi connectivity index (χ0v) is 12.7. The molecule has 20 heavy (non-hydrogen) atoms. The molecule has 1 N–H and O–H groups in total. The number of hydrogen-bond acceptors (Lipinski definition) is 4. The fraction of sp³-hybridized carbons (Fsp3) is 0.562. The highest BCUT2D eigenvalue weighted by Gasteiger charge is 2.22. The van der Waals surface area contributed by atoms with Crippen LogP contribution in [0.3, 0.4) is 0 Å². The largest absolute Gasteiger partial charge is 0.366 e.